The van der Waals surface area contributed by atoms with E-state index in [9.17, 15) is 5.11 Å². The first-order chi connectivity index (χ1) is 16.2. The van der Waals surface area contributed by atoms with Crippen LogP contribution < -0.4 is 10.6 Å². The lowest BCUT2D eigenvalue weighted by atomic mass is 10.1. The van der Waals surface area contributed by atoms with Crippen LogP contribution in [0.1, 0.15) is 24.1 Å². The van der Waals surface area contributed by atoms with E-state index >= 15 is 0 Å². The van der Waals surface area contributed by atoms with E-state index in [0.717, 1.165) is 52.7 Å². The zero-order valence-corrected chi connectivity index (χ0v) is 19.6. The van der Waals surface area contributed by atoms with Gasteiger partial charge in [0.2, 0.25) is 0 Å². The standard InChI is InChI=1S/C26H29N5OS/c1-18-14-27-11-12-31(18)15-19-7-9-21(10-8-19)24-13-22-25(33-24)26(29-17-28-22)30-23(16-32)20-5-3-2-4-6-20/h2-10,13,17-18,23,27,32H,11-12,14-16H2,1H3,(H,28,29,30)/t18?,23-/m1/s1. The molecule has 1 saturated heterocycles. The van der Waals surface area contributed by atoms with Gasteiger partial charge in [-0.1, -0.05) is 54.6 Å². The van der Waals surface area contributed by atoms with Gasteiger partial charge in [0, 0.05) is 37.1 Å². The number of aromatic nitrogens is 2. The highest BCUT2D eigenvalue weighted by Gasteiger charge is 2.18. The van der Waals surface area contributed by atoms with Crippen LogP contribution in [0.2, 0.25) is 0 Å². The Bertz CT molecular complexity index is 1190. The molecule has 5 rings (SSSR count). The third kappa shape index (κ3) is 4.91. The molecule has 1 fully saturated rings. The molecule has 3 N–H and O–H groups in total. The smallest absolute Gasteiger partial charge is 0.148 e. The topological polar surface area (TPSA) is 73.3 Å². The fourth-order valence-corrected chi connectivity index (χ4v) is 5.38. The van der Waals surface area contributed by atoms with Crippen LogP contribution in [0.25, 0.3) is 20.7 Å². The SMILES string of the molecule is CC1CNCCN1Cc1ccc(-c2cc3ncnc(N[C@H](CO)c4ccccc4)c3s2)cc1. The van der Waals surface area contributed by atoms with Crippen LogP contribution in [0.4, 0.5) is 5.82 Å². The van der Waals surface area contributed by atoms with Gasteiger partial charge < -0.3 is 15.7 Å². The number of rotatable bonds is 7. The minimum atomic E-state index is -0.221. The molecule has 0 radical (unpaired) electrons. The highest BCUT2D eigenvalue weighted by Crippen LogP contribution is 2.36. The molecule has 4 aromatic rings. The number of fused-ring (bicyclic) bond motifs is 1. The molecule has 0 spiro atoms. The second-order valence-corrected chi connectivity index (χ2v) is 9.61. The molecule has 3 heterocycles. The van der Waals surface area contributed by atoms with E-state index in [-0.39, 0.29) is 12.6 Å². The Balaban J connectivity index is 1.36. The van der Waals surface area contributed by atoms with Crippen LogP contribution in [0.3, 0.4) is 0 Å². The van der Waals surface area contributed by atoms with Crippen molar-refractivity contribution < 1.29 is 5.11 Å². The van der Waals surface area contributed by atoms with E-state index in [2.05, 4.69) is 62.8 Å². The summed E-state index contributed by atoms with van der Waals surface area (Å²) >= 11 is 1.68. The van der Waals surface area contributed by atoms with Gasteiger partial charge in [0.05, 0.1) is 22.9 Å². The van der Waals surface area contributed by atoms with Gasteiger partial charge >= 0.3 is 0 Å². The number of nitrogens with one attached hydrogen (secondary N) is 2. The maximum atomic E-state index is 9.95. The van der Waals surface area contributed by atoms with Crippen LogP contribution in [0.5, 0.6) is 0 Å². The second kappa shape index (κ2) is 9.97. The summed E-state index contributed by atoms with van der Waals surface area (Å²) in [7, 11) is 0. The van der Waals surface area contributed by atoms with Crippen molar-refractivity contribution in [3.8, 4) is 10.4 Å². The predicted octanol–water partition coefficient (Wildman–Crippen LogP) is 4.30. The normalized spacial score (nSPS) is 17.8. The first-order valence-corrected chi connectivity index (χ1v) is 12.2. The Kier molecular flexibility index (Phi) is 6.64. The summed E-state index contributed by atoms with van der Waals surface area (Å²) in [4.78, 5) is 12.7. The molecule has 170 valence electrons. The van der Waals surface area contributed by atoms with E-state index in [1.54, 1.807) is 17.7 Å². The molecular formula is C26H29N5OS. The van der Waals surface area contributed by atoms with Crippen molar-refractivity contribution >= 4 is 27.4 Å². The summed E-state index contributed by atoms with van der Waals surface area (Å²) in [6.45, 7) is 6.45. The third-order valence-electron chi connectivity index (χ3n) is 6.27. The van der Waals surface area contributed by atoms with E-state index in [4.69, 9.17) is 0 Å². The molecule has 2 aromatic carbocycles. The third-order valence-corrected chi connectivity index (χ3v) is 7.45. The summed E-state index contributed by atoms with van der Waals surface area (Å²) in [6.07, 6.45) is 1.58. The lowest BCUT2D eigenvalue weighted by Gasteiger charge is -2.33. The molecular weight excluding hydrogens is 430 g/mol. The van der Waals surface area contributed by atoms with Gasteiger partial charge in [0.25, 0.3) is 0 Å². The highest BCUT2D eigenvalue weighted by atomic mass is 32.1. The van der Waals surface area contributed by atoms with Crippen molar-refractivity contribution in [2.45, 2.75) is 25.6 Å². The number of thiophene rings is 1. The number of anilines is 1. The Morgan fingerprint density at radius 1 is 1.15 bits per heavy atom. The molecule has 0 aliphatic carbocycles. The van der Waals surface area contributed by atoms with Gasteiger partial charge in [0.1, 0.15) is 12.1 Å². The van der Waals surface area contributed by atoms with E-state index < -0.39 is 0 Å². The number of benzene rings is 2. The highest BCUT2D eigenvalue weighted by molar-refractivity contribution is 7.22. The lowest BCUT2D eigenvalue weighted by Crippen LogP contribution is -2.49. The maximum absolute atomic E-state index is 9.95. The zero-order chi connectivity index (χ0) is 22.6. The van der Waals surface area contributed by atoms with E-state index in [1.165, 1.54) is 11.1 Å². The molecule has 0 bridgehead atoms. The summed E-state index contributed by atoms with van der Waals surface area (Å²) in [5, 5.41) is 16.8. The monoisotopic (exact) mass is 459 g/mol. The summed E-state index contributed by atoms with van der Waals surface area (Å²) < 4.78 is 1.00. The van der Waals surface area contributed by atoms with Crippen molar-refractivity contribution in [1.29, 1.82) is 0 Å². The Morgan fingerprint density at radius 3 is 2.73 bits per heavy atom. The Morgan fingerprint density at radius 2 is 1.97 bits per heavy atom. The van der Waals surface area contributed by atoms with Crippen LogP contribution in [0, 0.1) is 0 Å². The van der Waals surface area contributed by atoms with Crippen molar-refractivity contribution in [3.63, 3.8) is 0 Å². The van der Waals surface area contributed by atoms with E-state index in [1.807, 2.05) is 30.3 Å². The minimum absolute atomic E-state index is 0.0130. The quantitative estimate of drug-likeness (QED) is 0.383. The van der Waals surface area contributed by atoms with Crippen molar-refractivity contribution in [3.05, 3.63) is 78.1 Å². The van der Waals surface area contributed by atoms with Crippen molar-refractivity contribution in [2.24, 2.45) is 0 Å². The number of hydrogen-bond donors (Lipinski definition) is 3. The number of aliphatic hydroxyl groups excluding tert-OH is 1. The molecule has 33 heavy (non-hydrogen) atoms. The molecule has 0 amide bonds. The molecule has 2 atom stereocenters. The number of piperazine rings is 1. The van der Waals surface area contributed by atoms with Crippen LogP contribution in [-0.4, -0.2) is 52.3 Å². The lowest BCUT2D eigenvalue weighted by molar-refractivity contribution is 0.165. The van der Waals surface area contributed by atoms with Gasteiger partial charge in [0.15, 0.2) is 0 Å². The molecule has 7 heteroatoms. The van der Waals surface area contributed by atoms with Gasteiger partial charge in [-0.25, -0.2) is 9.97 Å². The van der Waals surface area contributed by atoms with Crippen molar-refractivity contribution in [1.82, 2.24) is 20.2 Å². The van der Waals surface area contributed by atoms with Crippen LogP contribution >= 0.6 is 11.3 Å². The molecule has 6 nitrogen and oxygen atoms in total. The molecule has 2 aromatic heterocycles. The van der Waals surface area contributed by atoms with Crippen molar-refractivity contribution in [2.75, 3.05) is 31.6 Å². The molecule has 1 unspecified atom stereocenters. The van der Waals surface area contributed by atoms with Gasteiger partial charge in [-0.05, 0) is 29.7 Å². The average molecular weight is 460 g/mol. The Hall–Kier alpha value is -2.84. The number of nitrogens with zero attached hydrogens (tertiary/aromatic N) is 3. The number of hydrogen-bond acceptors (Lipinski definition) is 7. The maximum Gasteiger partial charge on any atom is 0.148 e. The summed E-state index contributed by atoms with van der Waals surface area (Å²) in [5.74, 6) is 0.753. The first-order valence-electron chi connectivity index (χ1n) is 11.4. The van der Waals surface area contributed by atoms with Gasteiger partial charge in [-0.15, -0.1) is 11.3 Å². The largest absolute Gasteiger partial charge is 0.394 e. The molecule has 0 saturated carbocycles. The van der Waals surface area contributed by atoms with Gasteiger partial charge in [-0.2, -0.15) is 0 Å². The molecule has 1 aliphatic rings. The number of aliphatic hydroxyl groups is 1. The molecule has 1 aliphatic heterocycles. The van der Waals surface area contributed by atoms with Gasteiger partial charge in [-0.3, -0.25) is 4.90 Å². The second-order valence-electron chi connectivity index (χ2n) is 8.56. The average Bonchev–Trinajstić information content (AvgIpc) is 3.30. The fourth-order valence-electron chi connectivity index (χ4n) is 4.31. The first kappa shape index (κ1) is 22.0. The fraction of sp³-hybridized carbons (Fsp3) is 0.308. The summed E-state index contributed by atoms with van der Waals surface area (Å²) in [5.41, 5.74) is 4.46. The van der Waals surface area contributed by atoms with Crippen LogP contribution in [-0.2, 0) is 6.54 Å². The van der Waals surface area contributed by atoms with Crippen LogP contribution in [0.15, 0.2) is 67.0 Å². The predicted molar refractivity (Wildman–Crippen MR) is 135 cm³/mol. The zero-order valence-electron chi connectivity index (χ0n) is 18.7. The van der Waals surface area contributed by atoms with E-state index in [0.29, 0.717) is 6.04 Å². The minimum Gasteiger partial charge on any atom is -0.394 e. The Labute approximate surface area is 198 Å². The summed E-state index contributed by atoms with van der Waals surface area (Å²) in [6, 6.07) is 21.3.